The summed E-state index contributed by atoms with van der Waals surface area (Å²) >= 11 is 0. The van der Waals surface area contributed by atoms with E-state index in [0.29, 0.717) is 12.0 Å². The number of rotatable bonds is 4. The summed E-state index contributed by atoms with van der Waals surface area (Å²) in [5.74, 6) is 0.547. The minimum atomic E-state index is 0.547. The number of hydrogen-bond acceptors (Lipinski definition) is 1. The normalized spacial score (nSPS) is 22.7. The van der Waals surface area contributed by atoms with Gasteiger partial charge in [0.25, 0.3) is 0 Å². The van der Waals surface area contributed by atoms with E-state index >= 15 is 0 Å². The van der Waals surface area contributed by atoms with E-state index in [-0.39, 0.29) is 0 Å². The zero-order valence-corrected chi connectivity index (χ0v) is 11.1. The highest BCUT2D eigenvalue weighted by atomic mass is 14.9. The molecular formula is C15H27N. The van der Waals surface area contributed by atoms with Gasteiger partial charge in [0, 0.05) is 6.04 Å². The van der Waals surface area contributed by atoms with Crippen molar-refractivity contribution in [1.82, 2.24) is 5.32 Å². The quantitative estimate of drug-likeness (QED) is 0.705. The molecule has 0 aromatic carbocycles. The Kier molecular flexibility index (Phi) is 8.93. The van der Waals surface area contributed by atoms with E-state index in [1.807, 2.05) is 26.0 Å². The van der Waals surface area contributed by atoms with Crippen LogP contribution >= 0.6 is 0 Å². The third-order valence-corrected chi connectivity index (χ3v) is 3.02. The summed E-state index contributed by atoms with van der Waals surface area (Å²) in [6.45, 7) is 15.0. The van der Waals surface area contributed by atoms with Gasteiger partial charge >= 0.3 is 0 Å². The fourth-order valence-corrected chi connectivity index (χ4v) is 2.08. The standard InChI is InChI=1S/C13H21N.C2H6/c1-4-8-12(5-2)11(3)13-9-6-7-10-14-13;1-2/h4-5,8,11,13-14H,1-2,6-7,9-10H2,3H3;1-2H3/b12-8+;. The molecule has 0 aromatic heterocycles. The molecule has 0 spiro atoms. The van der Waals surface area contributed by atoms with Crippen LogP contribution in [0.3, 0.4) is 0 Å². The number of piperidine rings is 1. The molecule has 1 saturated heterocycles. The Morgan fingerprint density at radius 3 is 2.44 bits per heavy atom. The van der Waals surface area contributed by atoms with Gasteiger partial charge in [-0.3, -0.25) is 0 Å². The molecule has 1 aliphatic rings. The molecule has 16 heavy (non-hydrogen) atoms. The minimum absolute atomic E-state index is 0.547. The summed E-state index contributed by atoms with van der Waals surface area (Å²) in [4.78, 5) is 0. The van der Waals surface area contributed by atoms with E-state index in [4.69, 9.17) is 0 Å². The highest BCUT2D eigenvalue weighted by Gasteiger charge is 2.20. The number of allylic oxidation sites excluding steroid dienone is 3. The van der Waals surface area contributed by atoms with Crippen molar-refractivity contribution in [3.05, 3.63) is 37.0 Å². The van der Waals surface area contributed by atoms with Crippen molar-refractivity contribution in [1.29, 1.82) is 0 Å². The summed E-state index contributed by atoms with van der Waals surface area (Å²) in [5, 5.41) is 3.57. The van der Waals surface area contributed by atoms with E-state index < -0.39 is 0 Å². The molecule has 0 radical (unpaired) electrons. The molecule has 92 valence electrons. The third kappa shape index (κ3) is 4.80. The first-order chi connectivity index (χ1) is 7.79. The zero-order valence-electron chi connectivity index (χ0n) is 11.1. The smallest absolute Gasteiger partial charge is 0.0133 e. The van der Waals surface area contributed by atoms with Gasteiger partial charge in [-0.15, -0.1) is 0 Å². The molecular weight excluding hydrogens is 194 g/mol. The highest BCUT2D eigenvalue weighted by molar-refractivity contribution is 5.24. The maximum atomic E-state index is 3.85. The summed E-state index contributed by atoms with van der Waals surface area (Å²) < 4.78 is 0. The van der Waals surface area contributed by atoms with Gasteiger partial charge in [-0.05, 0) is 30.9 Å². The minimum Gasteiger partial charge on any atom is -0.313 e. The lowest BCUT2D eigenvalue weighted by atomic mass is 9.87. The van der Waals surface area contributed by atoms with Crippen LogP contribution < -0.4 is 5.32 Å². The molecule has 2 atom stereocenters. The molecule has 0 saturated carbocycles. The van der Waals surface area contributed by atoms with Gasteiger partial charge in [-0.1, -0.05) is 58.6 Å². The molecule has 1 nitrogen and oxygen atoms in total. The molecule has 0 aromatic rings. The fourth-order valence-electron chi connectivity index (χ4n) is 2.08. The predicted molar refractivity (Wildman–Crippen MR) is 74.6 cm³/mol. The summed E-state index contributed by atoms with van der Waals surface area (Å²) in [7, 11) is 0. The van der Waals surface area contributed by atoms with Gasteiger partial charge < -0.3 is 5.32 Å². The lowest BCUT2D eigenvalue weighted by Crippen LogP contribution is -2.39. The van der Waals surface area contributed by atoms with Crippen LogP contribution in [-0.2, 0) is 0 Å². The Bertz CT molecular complexity index is 222. The lowest BCUT2D eigenvalue weighted by molar-refractivity contribution is 0.340. The first kappa shape index (κ1) is 15.2. The maximum Gasteiger partial charge on any atom is 0.0133 e. The number of hydrogen-bond donors (Lipinski definition) is 1. The molecule has 0 bridgehead atoms. The SMILES string of the molecule is C=C/C=C(\C=C)C(C)C1CCCCN1.CC. The average molecular weight is 221 g/mol. The van der Waals surface area contributed by atoms with Gasteiger partial charge in [-0.25, -0.2) is 0 Å². The van der Waals surface area contributed by atoms with Crippen molar-refractivity contribution in [3.63, 3.8) is 0 Å². The largest absolute Gasteiger partial charge is 0.313 e. The fraction of sp³-hybridized carbons (Fsp3) is 0.600. The first-order valence-electron chi connectivity index (χ1n) is 6.48. The second-order valence-corrected chi connectivity index (χ2v) is 3.95. The molecule has 0 amide bonds. The summed E-state index contributed by atoms with van der Waals surface area (Å²) in [6.07, 6.45) is 9.80. The van der Waals surface area contributed by atoms with E-state index in [9.17, 15) is 0 Å². The van der Waals surface area contributed by atoms with Gasteiger partial charge in [0.2, 0.25) is 0 Å². The first-order valence-corrected chi connectivity index (χ1v) is 6.48. The van der Waals surface area contributed by atoms with Crippen LogP contribution in [0.2, 0.25) is 0 Å². The second kappa shape index (κ2) is 9.41. The van der Waals surface area contributed by atoms with E-state index in [2.05, 4.69) is 31.5 Å². The van der Waals surface area contributed by atoms with Crippen molar-refractivity contribution in [2.75, 3.05) is 6.54 Å². The van der Waals surface area contributed by atoms with Crippen molar-refractivity contribution >= 4 is 0 Å². The molecule has 1 aliphatic heterocycles. The van der Waals surface area contributed by atoms with Gasteiger partial charge in [0.05, 0.1) is 0 Å². The van der Waals surface area contributed by atoms with E-state index in [1.165, 1.54) is 24.8 Å². The Morgan fingerprint density at radius 1 is 1.31 bits per heavy atom. The van der Waals surface area contributed by atoms with Gasteiger partial charge in [0.1, 0.15) is 0 Å². The van der Waals surface area contributed by atoms with Crippen molar-refractivity contribution < 1.29 is 0 Å². The molecule has 2 unspecified atom stereocenters. The van der Waals surface area contributed by atoms with Crippen molar-refractivity contribution in [2.45, 2.75) is 46.1 Å². The number of nitrogens with one attached hydrogen (secondary N) is 1. The summed E-state index contributed by atoms with van der Waals surface area (Å²) in [6, 6.07) is 0.618. The Labute approximate surface area is 101 Å². The molecule has 1 rings (SSSR count). The van der Waals surface area contributed by atoms with Gasteiger partial charge in [-0.2, -0.15) is 0 Å². The van der Waals surface area contributed by atoms with Crippen LogP contribution in [0.15, 0.2) is 37.0 Å². The van der Waals surface area contributed by atoms with Crippen molar-refractivity contribution in [3.8, 4) is 0 Å². The van der Waals surface area contributed by atoms with Crippen LogP contribution in [0.4, 0.5) is 0 Å². The van der Waals surface area contributed by atoms with Crippen LogP contribution in [0.1, 0.15) is 40.0 Å². The topological polar surface area (TPSA) is 12.0 Å². The maximum absolute atomic E-state index is 3.85. The molecule has 1 heteroatoms. The highest BCUT2D eigenvalue weighted by Crippen LogP contribution is 2.22. The lowest BCUT2D eigenvalue weighted by Gasteiger charge is -2.29. The Balaban J connectivity index is 0.00000106. The monoisotopic (exact) mass is 221 g/mol. The average Bonchev–Trinajstić information content (AvgIpc) is 2.38. The molecule has 1 N–H and O–H groups in total. The van der Waals surface area contributed by atoms with Crippen molar-refractivity contribution in [2.24, 2.45) is 5.92 Å². The van der Waals surface area contributed by atoms with E-state index in [1.54, 1.807) is 0 Å². The molecule has 1 heterocycles. The van der Waals surface area contributed by atoms with E-state index in [0.717, 1.165) is 6.54 Å². The molecule has 1 fully saturated rings. The van der Waals surface area contributed by atoms with Crippen LogP contribution in [0, 0.1) is 5.92 Å². The summed E-state index contributed by atoms with van der Waals surface area (Å²) in [5.41, 5.74) is 1.29. The van der Waals surface area contributed by atoms with Crippen LogP contribution in [-0.4, -0.2) is 12.6 Å². The Hall–Kier alpha value is -0.820. The Morgan fingerprint density at radius 2 is 2.00 bits per heavy atom. The molecule has 0 aliphatic carbocycles. The van der Waals surface area contributed by atoms with Gasteiger partial charge in [0.15, 0.2) is 0 Å². The third-order valence-electron chi connectivity index (χ3n) is 3.02. The van der Waals surface area contributed by atoms with Crippen LogP contribution in [0.25, 0.3) is 0 Å². The second-order valence-electron chi connectivity index (χ2n) is 3.95. The predicted octanol–water partition coefficient (Wildman–Crippen LogP) is 4.09. The zero-order chi connectivity index (χ0) is 12.4. The van der Waals surface area contributed by atoms with Crippen LogP contribution in [0.5, 0.6) is 0 Å².